The molecule has 6 aromatic carbocycles. The zero-order chi connectivity index (χ0) is 30.9. The number of rotatable bonds is 3. The molecule has 0 aliphatic carbocycles. The van der Waals surface area contributed by atoms with Crippen LogP contribution in [0.4, 0.5) is 0 Å². The zero-order valence-electron chi connectivity index (χ0n) is 25.2. The molecule has 0 fully saturated rings. The summed E-state index contributed by atoms with van der Waals surface area (Å²) in [6.07, 6.45) is 4.05. The van der Waals surface area contributed by atoms with Crippen molar-refractivity contribution in [3.8, 4) is 17.1 Å². The molecule has 1 aliphatic heterocycles. The highest BCUT2D eigenvalue weighted by atomic mass is 32.1. The lowest BCUT2D eigenvalue weighted by atomic mass is 10.0. The lowest BCUT2D eigenvalue weighted by molar-refractivity contribution is 0.756. The third-order valence-electron chi connectivity index (χ3n) is 9.26. The van der Waals surface area contributed by atoms with Crippen LogP contribution in [0.5, 0.6) is 0 Å². The summed E-state index contributed by atoms with van der Waals surface area (Å²) in [5.41, 5.74) is 7.69. The predicted molar refractivity (Wildman–Crippen MR) is 197 cm³/mol. The average molecular weight is 622 g/mol. The number of hydrogen-bond donors (Lipinski definition) is 1. The first-order chi connectivity index (χ1) is 23.3. The van der Waals surface area contributed by atoms with Gasteiger partial charge in [0.2, 0.25) is 5.96 Å². The van der Waals surface area contributed by atoms with Crippen LogP contribution in [0.25, 0.3) is 70.1 Å². The van der Waals surface area contributed by atoms with Crippen molar-refractivity contribution < 1.29 is 0 Å². The van der Waals surface area contributed by atoms with Gasteiger partial charge in [-0.05, 0) is 54.1 Å². The van der Waals surface area contributed by atoms with Crippen molar-refractivity contribution in [2.45, 2.75) is 6.04 Å². The maximum absolute atomic E-state index is 5.05. The van der Waals surface area contributed by atoms with E-state index >= 15 is 0 Å². The van der Waals surface area contributed by atoms with Crippen LogP contribution in [-0.4, -0.2) is 20.1 Å². The number of aliphatic imine (C=N–C) groups is 1. The molecule has 0 saturated carbocycles. The SMILES string of the molecule is C1=CC(c2ccc(-c3nc4ccccc4n3-c3ccccc3)cc2)NC(n2c3ccccc3c3c4sc5ccccc5c4ccc32)=N1. The molecule has 222 valence electrons. The van der Waals surface area contributed by atoms with Gasteiger partial charge in [-0.3, -0.25) is 9.13 Å². The Hall–Kier alpha value is -5.98. The second kappa shape index (κ2) is 10.3. The Bertz CT molecular complexity index is 2710. The Morgan fingerprint density at radius 2 is 1.34 bits per heavy atom. The van der Waals surface area contributed by atoms with Crippen LogP contribution < -0.4 is 5.32 Å². The van der Waals surface area contributed by atoms with E-state index in [4.69, 9.17) is 9.98 Å². The molecule has 0 bridgehead atoms. The van der Waals surface area contributed by atoms with E-state index in [1.807, 2.05) is 29.7 Å². The molecule has 0 radical (unpaired) electrons. The monoisotopic (exact) mass is 621 g/mol. The molecule has 4 heterocycles. The second-order valence-corrected chi connectivity index (χ2v) is 13.0. The van der Waals surface area contributed by atoms with Gasteiger partial charge < -0.3 is 5.32 Å². The second-order valence-electron chi connectivity index (χ2n) is 11.9. The molecule has 9 aromatic rings. The quantitative estimate of drug-likeness (QED) is 0.213. The molecule has 1 aliphatic rings. The van der Waals surface area contributed by atoms with Crippen LogP contribution in [0.15, 0.2) is 157 Å². The van der Waals surface area contributed by atoms with Crippen LogP contribution in [0.1, 0.15) is 11.6 Å². The van der Waals surface area contributed by atoms with Crippen molar-refractivity contribution in [3.63, 3.8) is 0 Å². The van der Waals surface area contributed by atoms with Crippen LogP contribution in [0.2, 0.25) is 0 Å². The summed E-state index contributed by atoms with van der Waals surface area (Å²) in [5.74, 6) is 1.75. The number of imidazole rings is 1. The van der Waals surface area contributed by atoms with Gasteiger partial charge in [0.1, 0.15) is 5.82 Å². The van der Waals surface area contributed by atoms with Crippen molar-refractivity contribution >= 4 is 70.3 Å². The largest absolute Gasteiger partial charge is 0.345 e. The summed E-state index contributed by atoms with van der Waals surface area (Å²) in [5, 5.41) is 8.89. The van der Waals surface area contributed by atoms with Gasteiger partial charge in [0.25, 0.3) is 0 Å². The zero-order valence-corrected chi connectivity index (χ0v) is 26.0. The van der Waals surface area contributed by atoms with E-state index in [-0.39, 0.29) is 6.04 Å². The highest BCUT2D eigenvalue weighted by Crippen LogP contribution is 2.42. The standard InChI is InChI=1S/C41H27N5S/c1-2-10-28(11-3-1)45-35-16-8-6-14-33(35)43-40(45)27-20-18-26(19-21-27)32-24-25-42-41(44-32)46-34-15-7-4-13-31(34)38-36(46)23-22-30-29-12-5-9-17-37(29)47-39(30)38/h1-25,32H,(H,42,44). The summed E-state index contributed by atoms with van der Waals surface area (Å²) in [4.78, 5) is 9.94. The van der Waals surface area contributed by atoms with Gasteiger partial charge in [0.15, 0.2) is 0 Å². The average Bonchev–Trinajstić information content (AvgIpc) is 3.82. The number of nitrogens with one attached hydrogen (secondary N) is 1. The minimum Gasteiger partial charge on any atom is -0.345 e. The van der Waals surface area contributed by atoms with Crippen molar-refractivity contribution in [2.75, 3.05) is 0 Å². The summed E-state index contributed by atoms with van der Waals surface area (Å²) in [7, 11) is 0. The minimum absolute atomic E-state index is 0.0336. The Morgan fingerprint density at radius 3 is 2.21 bits per heavy atom. The first kappa shape index (κ1) is 26.3. The van der Waals surface area contributed by atoms with Crippen molar-refractivity contribution in [1.29, 1.82) is 0 Å². The molecule has 6 heteroatoms. The lowest BCUT2D eigenvalue weighted by Crippen LogP contribution is -2.34. The fourth-order valence-electron chi connectivity index (χ4n) is 7.10. The van der Waals surface area contributed by atoms with E-state index in [0.717, 1.165) is 50.7 Å². The molecular formula is C41H27N5S. The fraction of sp³-hybridized carbons (Fsp3) is 0.0244. The third kappa shape index (κ3) is 4.02. The summed E-state index contributed by atoms with van der Waals surface area (Å²) in [6.45, 7) is 0. The summed E-state index contributed by atoms with van der Waals surface area (Å²) >= 11 is 1.87. The molecule has 5 nitrogen and oxygen atoms in total. The molecule has 47 heavy (non-hydrogen) atoms. The van der Waals surface area contributed by atoms with Crippen LogP contribution in [0, 0.1) is 0 Å². The summed E-state index contributed by atoms with van der Waals surface area (Å²) in [6, 6.07) is 49.3. The van der Waals surface area contributed by atoms with Gasteiger partial charge in [0, 0.05) is 48.4 Å². The number of benzene rings is 6. The highest BCUT2D eigenvalue weighted by Gasteiger charge is 2.22. The molecular weight excluding hydrogens is 595 g/mol. The van der Waals surface area contributed by atoms with E-state index in [9.17, 15) is 0 Å². The number of fused-ring (bicyclic) bond motifs is 8. The van der Waals surface area contributed by atoms with Crippen LogP contribution in [0.3, 0.4) is 0 Å². The first-order valence-electron chi connectivity index (χ1n) is 15.8. The highest BCUT2D eigenvalue weighted by molar-refractivity contribution is 7.26. The van der Waals surface area contributed by atoms with Gasteiger partial charge in [-0.1, -0.05) is 97.1 Å². The topological polar surface area (TPSA) is 47.1 Å². The number of para-hydroxylation sites is 4. The summed E-state index contributed by atoms with van der Waals surface area (Å²) < 4.78 is 7.15. The molecule has 1 atom stereocenters. The van der Waals surface area contributed by atoms with Crippen LogP contribution in [-0.2, 0) is 0 Å². The van der Waals surface area contributed by atoms with Crippen molar-refractivity contribution in [3.05, 3.63) is 157 Å². The van der Waals surface area contributed by atoms with Crippen molar-refractivity contribution in [2.24, 2.45) is 4.99 Å². The van der Waals surface area contributed by atoms with Gasteiger partial charge in [-0.2, -0.15) is 0 Å². The van der Waals surface area contributed by atoms with E-state index in [0.29, 0.717) is 0 Å². The third-order valence-corrected chi connectivity index (χ3v) is 10.5. The lowest BCUT2D eigenvalue weighted by Gasteiger charge is -2.23. The number of aromatic nitrogens is 3. The van der Waals surface area contributed by atoms with E-state index in [1.165, 1.54) is 30.9 Å². The van der Waals surface area contributed by atoms with Crippen molar-refractivity contribution in [1.82, 2.24) is 19.4 Å². The van der Waals surface area contributed by atoms with Gasteiger partial charge in [-0.25, -0.2) is 9.98 Å². The Kier molecular flexibility index (Phi) is 5.74. The Balaban J connectivity index is 1.04. The molecule has 0 spiro atoms. The maximum atomic E-state index is 5.05. The van der Waals surface area contributed by atoms with Gasteiger partial charge in [-0.15, -0.1) is 11.3 Å². The number of nitrogens with zero attached hydrogens (tertiary/aromatic N) is 4. The van der Waals surface area contributed by atoms with Gasteiger partial charge in [0.05, 0.1) is 28.1 Å². The normalized spacial score (nSPS) is 14.8. The maximum Gasteiger partial charge on any atom is 0.208 e. The van der Waals surface area contributed by atoms with E-state index < -0.39 is 0 Å². The van der Waals surface area contributed by atoms with E-state index in [2.05, 4.69) is 148 Å². The molecule has 1 unspecified atom stereocenters. The fourth-order valence-corrected chi connectivity index (χ4v) is 8.36. The smallest absolute Gasteiger partial charge is 0.208 e. The Labute approximate surface area is 274 Å². The van der Waals surface area contributed by atoms with Crippen LogP contribution >= 0.6 is 11.3 Å². The minimum atomic E-state index is -0.0336. The van der Waals surface area contributed by atoms with Gasteiger partial charge >= 0.3 is 0 Å². The first-order valence-corrected chi connectivity index (χ1v) is 16.6. The molecule has 0 amide bonds. The molecule has 1 N–H and O–H groups in total. The Morgan fingerprint density at radius 1 is 0.596 bits per heavy atom. The number of hydrogen-bond acceptors (Lipinski definition) is 4. The molecule has 3 aromatic heterocycles. The predicted octanol–water partition coefficient (Wildman–Crippen LogP) is 10.2. The number of thiophene rings is 1. The molecule has 10 rings (SSSR count). The van der Waals surface area contributed by atoms with E-state index in [1.54, 1.807) is 0 Å². The molecule has 0 saturated heterocycles.